The largest absolute Gasteiger partial charge is 0.387 e. The van der Waals surface area contributed by atoms with Gasteiger partial charge >= 0.3 is 0 Å². The van der Waals surface area contributed by atoms with Crippen LogP contribution in [0.2, 0.25) is 0 Å². The first-order valence-corrected chi connectivity index (χ1v) is 6.65. The van der Waals surface area contributed by atoms with Gasteiger partial charge in [0, 0.05) is 26.2 Å². The molecule has 4 N–H and O–H groups in total. The highest BCUT2D eigenvalue weighted by molar-refractivity contribution is 5.78. The molecular weight excluding hydrogens is 242 g/mol. The van der Waals surface area contributed by atoms with Gasteiger partial charge in [-0.15, -0.1) is 0 Å². The first-order chi connectivity index (χ1) is 9.19. The summed E-state index contributed by atoms with van der Waals surface area (Å²) in [4.78, 5) is 13.4. The van der Waals surface area contributed by atoms with E-state index in [2.05, 4.69) is 5.32 Å². The number of carbonyl (C=O) groups excluding carboxylic acids is 1. The number of aliphatic hydroxyl groups is 1. The van der Waals surface area contributed by atoms with Crippen molar-refractivity contribution in [1.82, 2.24) is 10.2 Å². The molecule has 1 atom stereocenters. The Hall–Kier alpha value is -1.43. The van der Waals surface area contributed by atoms with Crippen LogP contribution in [-0.4, -0.2) is 42.1 Å². The van der Waals surface area contributed by atoms with E-state index in [4.69, 9.17) is 5.73 Å². The summed E-state index contributed by atoms with van der Waals surface area (Å²) in [6.07, 6.45) is 0.350. The van der Waals surface area contributed by atoms with Crippen molar-refractivity contribution in [3.63, 3.8) is 0 Å². The summed E-state index contributed by atoms with van der Waals surface area (Å²) < 4.78 is 0. The Morgan fingerprint density at radius 3 is 2.79 bits per heavy atom. The van der Waals surface area contributed by atoms with Crippen LogP contribution in [-0.2, 0) is 11.3 Å². The number of nitrogens with two attached hydrogens (primary N) is 1. The fraction of sp³-hybridized carbons (Fsp3) is 0.500. The SMILES string of the molecule is NCc1ccc(C(O)CN2CCCNC(=O)C2)cc1. The van der Waals surface area contributed by atoms with Crippen molar-refractivity contribution in [3.05, 3.63) is 35.4 Å². The number of β-amino-alcohol motifs (C(OH)–C–C–N with tert-alkyl or cyclic N) is 1. The molecule has 0 aromatic heterocycles. The smallest absolute Gasteiger partial charge is 0.234 e. The number of nitrogens with one attached hydrogen (secondary N) is 1. The average molecular weight is 263 g/mol. The van der Waals surface area contributed by atoms with Crippen LogP contribution < -0.4 is 11.1 Å². The first-order valence-electron chi connectivity index (χ1n) is 6.65. The first kappa shape index (κ1) is 14.0. The fourth-order valence-electron chi connectivity index (χ4n) is 2.25. The Kier molecular flexibility index (Phi) is 4.90. The maximum Gasteiger partial charge on any atom is 0.234 e. The van der Waals surface area contributed by atoms with E-state index < -0.39 is 6.10 Å². The number of benzene rings is 1. The highest BCUT2D eigenvalue weighted by Gasteiger charge is 2.18. The maximum absolute atomic E-state index is 11.4. The number of amides is 1. The molecular formula is C14H21N3O2. The molecule has 104 valence electrons. The van der Waals surface area contributed by atoms with Crippen LogP contribution in [0.5, 0.6) is 0 Å². The molecule has 1 fully saturated rings. The molecule has 1 unspecified atom stereocenters. The molecule has 1 aromatic carbocycles. The highest BCUT2D eigenvalue weighted by Crippen LogP contribution is 2.15. The predicted octanol–water partition coefficient (Wildman–Crippen LogP) is 0.000600. The van der Waals surface area contributed by atoms with E-state index in [0.29, 0.717) is 19.6 Å². The zero-order valence-electron chi connectivity index (χ0n) is 11.0. The van der Waals surface area contributed by atoms with Crippen LogP contribution >= 0.6 is 0 Å². The number of aliphatic hydroxyl groups excluding tert-OH is 1. The quantitative estimate of drug-likeness (QED) is 0.714. The van der Waals surface area contributed by atoms with Gasteiger partial charge in [0.1, 0.15) is 0 Å². The topological polar surface area (TPSA) is 78.6 Å². The molecule has 19 heavy (non-hydrogen) atoms. The molecule has 0 radical (unpaired) electrons. The Labute approximate surface area is 113 Å². The summed E-state index contributed by atoms with van der Waals surface area (Å²) in [6, 6.07) is 7.64. The number of carbonyl (C=O) groups is 1. The monoisotopic (exact) mass is 263 g/mol. The van der Waals surface area contributed by atoms with Crippen molar-refractivity contribution < 1.29 is 9.90 Å². The summed E-state index contributed by atoms with van der Waals surface area (Å²) in [5, 5.41) is 13.0. The van der Waals surface area contributed by atoms with Crippen LogP contribution in [0, 0.1) is 0 Å². The van der Waals surface area contributed by atoms with Crippen LogP contribution in [0.4, 0.5) is 0 Å². The summed E-state index contributed by atoms with van der Waals surface area (Å²) in [5.41, 5.74) is 7.45. The number of hydrogen-bond donors (Lipinski definition) is 3. The van der Waals surface area contributed by atoms with Crippen molar-refractivity contribution in [3.8, 4) is 0 Å². The molecule has 5 nitrogen and oxygen atoms in total. The minimum atomic E-state index is -0.572. The van der Waals surface area contributed by atoms with Crippen molar-refractivity contribution in [2.45, 2.75) is 19.1 Å². The second kappa shape index (κ2) is 6.65. The number of hydrogen-bond acceptors (Lipinski definition) is 4. The molecule has 5 heteroatoms. The molecule has 1 aliphatic rings. The molecule has 0 spiro atoms. The fourth-order valence-corrected chi connectivity index (χ4v) is 2.25. The van der Waals surface area contributed by atoms with Crippen molar-refractivity contribution >= 4 is 5.91 Å². The third-order valence-electron chi connectivity index (χ3n) is 3.37. The lowest BCUT2D eigenvalue weighted by atomic mass is 10.1. The van der Waals surface area contributed by atoms with E-state index in [1.54, 1.807) is 0 Å². The van der Waals surface area contributed by atoms with Gasteiger partial charge in [0.15, 0.2) is 0 Å². The van der Waals surface area contributed by atoms with Gasteiger partial charge in [0.2, 0.25) is 5.91 Å². The molecule has 2 rings (SSSR count). The van der Waals surface area contributed by atoms with E-state index >= 15 is 0 Å². The minimum absolute atomic E-state index is 0.0307. The van der Waals surface area contributed by atoms with Crippen molar-refractivity contribution in [2.75, 3.05) is 26.2 Å². The summed E-state index contributed by atoms with van der Waals surface area (Å²) in [6.45, 7) is 2.89. The van der Waals surface area contributed by atoms with E-state index in [9.17, 15) is 9.90 Å². The molecule has 0 bridgehead atoms. The summed E-state index contributed by atoms with van der Waals surface area (Å²) >= 11 is 0. The minimum Gasteiger partial charge on any atom is -0.387 e. The number of rotatable bonds is 4. The zero-order valence-corrected chi connectivity index (χ0v) is 11.0. The molecule has 1 saturated heterocycles. The second-order valence-corrected chi connectivity index (χ2v) is 4.90. The van der Waals surface area contributed by atoms with Crippen molar-refractivity contribution in [2.24, 2.45) is 5.73 Å². The van der Waals surface area contributed by atoms with Gasteiger partial charge in [-0.05, 0) is 17.5 Å². The van der Waals surface area contributed by atoms with E-state index in [-0.39, 0.29) is 5.91 Å². The molecule has 1 aromatic rings. The molecule has 1 aliphatic heterocycles. The van der Waals surface area contributed by atoms with Crippen LogP contribution in [0.3, 0.4) is 0 Å². The van der Waals surface area contributed by atoms with E-state index in [0.717, 1.165) is 30.6 Å². The lowest BCUT2D eigenvalue weighted by Gasteiger charge is -2.22. The van der Waals surface area contributed by atoms with Gasteiger partial charge in [-0.25, -0.2) is 0 Å². The highest BCUT2D eigenvalue weighted by atomic mass is 16.3. The third-order valence-corrected chi connectivity index (χ3v) is 3.37. The van der Waals surface area contributed by atoms with Crippen molar-refractivity contribution in [1.29, 1.82) is 0 Å². The van der Waals surface area contributed by atoms with Gasteiger partial charge in [-0.1, -0.05) is 24.3 Å². The molecule has 1 heterocycles. The van der Waals surface area contributed by atoms with Gasteiger partial charge in [-0.2, -0.15) is 0 Å². The van der Waals surface area contributed by atoms with Gasteiger partial charge in [0.05, 0.1) is 12.6 Å². The Balaban J connectivity index is 1.94. The lowest BCUT2D eigenvalue weighted by Crippen LogP contribution is -2.35. The standard InChI is InChI=1S/C14H21N3O2/c15-8-11-2-4-12(5-3-11)13(18)9-17-7-1-6-16-14(19)10-17/h2-5,13,18H,1,6-10,15H2,(H,16,19). The van der Waals surface area contributed by atoms with Gasteiger partial charge in [-0.3, -0.25) is 9.69 Å². The molecule has 0 aliphatic carbocycles. The Morgan fingerprint density at radius 2 is 2.11 bits per heavy atom. The van der Waals surface area contributed by atoms with Gasteiger partial charge < -0.3 is 16.2 Å². The number of nitrogens with zero attached hydrogens (tertiary/aromatic N) is 1. The van der Waals surface area contributed by atoms with E-state index in [1.807, 2.05) is 29.2 Å². The molecule has 1 amide bonds. The maximum atomic E-state index is 11.4. The molecule has 0 saturated carbocycles. The van der Waals surface area contributed by atoms with E-state index in [1.165, 1.54) is 0 Å². The van der Waals surface area contributed by atoms with Crippen LogP contribution in [0.15, 0.2) is 24.3 Å². The second-order valence-electron chi connectivity index (χ2n) is 4.90. The van der Waals surface area contributed by atoms with Crippen LogP contribution in [0.25, 0.3) is 0 Å². The predicted molar refractivity (Wildman–Crippen MR) is 73.4 cm³/mol. The zero-order chi connectivity index (χ0) is 13.7. The third kappa shape index (κ3) is 4.02. The Morgan fingerprint density at radius 1 is 1.37 bits per heavy atom. The Bertz CT molecular complexity index is 419. The lowest BCUT2D eigenvalue weighted by molar-refractivity contribution is -0.121. The normalized spacial score (nSPS) is 18.7. The van der Waals surface area contributed by atoms with Gasteiger partial charge in [0.25, 0.3) is 0 Å². The summed E-state index contributed by atoms with van der Waals surface area (Å²) in [5.74, 6) is 0.0307. The van der Waals surface area contributed by atoms with Crippen LogP contribution in [0.1, 0.15) is 23.7 Å². The summed E-state index contributed by atoms with van der Waals surface area (Å²) in [7, 11) is 0. The average Bonchev–Trinajstić information content (AvgIpc) is 2.63.